The van der Waals surface area contributed by atoms with Crippen LogP contribution >= 0.6 is 23.2 Å². The Morgan fingerprint density at radius 3 is 2.73 bits per heavy atom. The van der Waals surface area contributed by atoms with Crippen molar-refractivity contribution in [2.24, 2.45) is 5.92 Å². The van der Waals surface area contributed by atoms with Gasteiger partial charge in [0, 0.05) is 24.8 Å². The third-order valence-electron chi connectivity index (χ3n) is 5.19. The van der Waals surface area contributed by atoms with Crippen molar-refractivity contribution in [3.8, 4) is 5.82 Å². The summed E-state index contributed by atoms with van der Waals surface area (Å²) >= 11 is 12.3. The van der Waals surface area contributed by atoms with Gasteiger partial charge < -0.3 is 10.2 Å². The smallest absolute Gasteiger partial charge is 0.229 e. The van der Waals surface area contributed by atoms with Gasteiger partial charge in [0.25, 0.3) is 0 Å². The molecule has 0 bridgehead atoms. The Bertz CT molecular complexity index is 1080. The average Bonchev–Trinajstić information content (AvgIpc) is 3.09. The molecular weight excluding hydrogens is 423 g/mol. The number of anilines is 2. The lowest BCUT2D eigenvalue weighted by Crippen LogP contribution is -2.41. The Labute approximate surface area is 185 Å². The lowest BCUT2D eigenvalue weighted by molar-refractivity contribution is -0.120. The number of carbonyl (C=O) groups is 1. The highest BCUT2D eigenvalue weighted by molar-refractivity contribution is 6.44. The van der Waals surface area contributed by atoms with Crippen molar-refractivity contribution >= 4 is 40.6 Å². The average molecular weight is 445 g/mol. The molecule has 0 aliphatic carbocycles. The fraction of sp³-hybridized carbons (Fsp3) is 0.333. The molecule has 2 aromatic heterocycles. The normalized spacial score (nSPS) is 16.5. The Morgan fingerprint density at radius 2 is 1.97 bits per heavy atom. The summed E-state index contributed by atoms with van der Waals surface area (Å²) in [6.07, 6.45) is 3.23. The third kappa shape index (κ3) is 4.27. The van der Waals surface area contributed by atoms with Gasteiger partial charge in [-0.05, 0) is 44.9 Å². The minimum atomic E-state index is -0.180. The number of piperidine rings is 1. The van der Waals surface area contributed by atoms with Crippen molar-refractivity contribution in [2.75, 3.05) is 23.3 Å². The third-order valence-corrected chi connectivity index (χ3v) is 6.01. The van der Waals surface area contributed by atoms with Gasteiger partial charge in [0.2, 0.25) is 5.91 Å². The molecule has 0 radical (unpaired) electrons. The fourth-order valence-electron chi connectivity index (χ4n) is 3.72. The second-order valence-corrected chi connectivity index (χ2v) is 8.23. The van der Waals surface area contributed by atoms with E-state index in [1.165, 1.54) is 6.33 Å². The van der Waals surface area contributed by atoms with Crippen molar-refractivity contribution < 1.29 is 4.79 Å². The number of benzene rings is 1. The molecule has 3 aromatic rings. The molecule has 9 heteroatoms. The van der Waals surface area contributed by atoms with E-state index in [0.717, 1.165) is 36.6 Å². The maximum absolute atomic E-state index is 12.9. The predicted octanol–water partition coefficient (Wildman–Crippen LogP) is 4.44. The minimum Gasteiger partial charge on any atom is -0.356 e. The first-order chi connectivity index (χ1) is 14.4. The standard InChI is InChI=1S/C21H22Cl2N6O/c1-13-9-14(2)29(27-13)19-10-18(24-12-25-19)28-8-4-5-15(11-28)21(30)26-17-7-3-6-16(22)20(17)23/h3,6-7,9-10,12,15H,4-5,8,11H2,1-2H3,(H,26,30)/t15-/m1/s1. The molecule has 1 saturated heterocycles. The molecule has 0 spiro atoms. The van der Waals surface area contributed by atoms with Gasteiger partial charge in [0.05, 0.1) is 27.3 Å². The summed E-state index contributed by atoms with van der Waals surface area (Å²) < 4.78 is 1.80. The highest BCUT2D eigenvalue weighted by atomic mass is 35.5. The molecule has 1 aromatic carbocycles. The van der Waals surface area contributed by atoms with Gasteiger partial charge in [0.15, 0.2) is 5.82 Å². The number of hydrogen-bond donors (Lipinski definition) is 1. The lowest BCUT2D eigenvalue weighted by atomic mass is 9.97. The van der Waals surface area contributed by atoms with Crippen LogP contribution < -0.4 is 10.2 Å². The first kappa shape index (κ1) is 20.6. The number of hydrogen-bond acceptors (Lipinski definition) is 5. The maximum Gasteiger partial charge on any atom is 0.229 e. The number of halogens is 2. The molecule has 156 valence electrons. The van der Waals surface area contributed by atoms with Crippen LogP contribution in [0.5, 0.6) is 0 Å². The van der Waals surface area contributed by atoms with E-state index in [4.69, 9.17) is 23.2 Å². The van der Waals surface area contributed by atoms with Crippen LogP contribution in [0.15, 0.2) is 36.7 Å². The van der Waals surface area contributed by atoms with Crippen LogP contribution in [0.25, 0.3) is 5.82 Å². The molecule has 7 nitrogen and oxygen atoms in total. The number of nitrogens with one attached hydrogen (secondary N) is 1. The van der Waals surface area contributed by atoms with Crippen LogP contribution in [0.1, 0.15) is 24.2 Å². The zero-order valence-electron chi connectivity index (χ0n) is 16.8. The van der Waals surface area contributed by atoms with Crippen molar-refractivity contribution in [2.45, 2.75) is 26.7 Å². The van der Waals surface area contributed by atoms with Crippen LogP contribution in [0.2, 0.25) is 10.0 Å². The van der Waals surface area contributed by atoms with Crippen LogP contribution in [-0.4, -0.2) is 38.7 Å². The van der Waals surface area contributed by atoms with Crippen LogP contribution in [0, 0.1) is 19.8 Å². The summed E-state index contributed by atoms with van der Waals surface area (Å²) in [5.74, 6) is 1.24. The van der Waals surface area contributed by atoms with E-state index in [9.17, 15) is 4.79 Å². The Balaban J connectivity index is 1.50. The van der Waals surface area contributed by atoms with E-state index in [1.807, 2.05) is 26.0 Å². The van der Waals surface area contributed by atoms with E-state index in [0.29, 0.717) is 28.1 Å². The van der Waals surface area contributed by atoms with Crippen LogP contribution in [0.4, 0.5) is 11.5 Å². The van der Waals surface area contributed by atoms with Crippen LogP contribution in [-0.2, 0) is 4.79 Å². The minimum absolute atomic E-state index is 0.0725. The molecule has 1 aliphatic heterocycles. The maximum atomic E-state index is 12.9. The lowest BCUT2D eigenvalue weighted by Gasteiger charge is -2.33. The zero-order chi connectivity index (χ0) is 21.3. The van der Waals surface area contributed by atoms with E-state index in [2.05, 4.69) is 25.3 Å². The van der Waals surface area contributed by atoms with Crippen molar-refractivity contribution in [3.63, 3.8) is 0 Å². The predicted molar refractivity (Wildman–Crippen MR) is 119 cm³/mol. The molecule has 1 fully saturated rings. The zero-order valence-corrected chi connectivity index (χ0v) is 18.3. The van der Waals surface area contributed by atoms with E-state index in [-0.39, 0.29) is 11.8 Å². The van der Waals surface area contributed by atoms with Gasteiger partial charge >= 0.3 is 0 Å². The Kier molecular flexibility index (Phi) is 5.92. The number of rotatable bonds is 4. The highest BCUT2D eigenvalue weighted by Gasteiger charge is 2.27. The van der Waals surface area contributed by atoms with E-state index in [1.54, 1.807) is 22.9 Å². The summed E-state index contributed by atoms with van der Waals surface area (Å²) in [4.78, 5) is 23.8. The summed E-state index contributed by atoms with van der Waals surface area (Å²) in [6, 6.07) is 9.12. The summed E-state index contributed by atoms with van der Waals surface area (Å²) in [6.45, 7) is 5.34. The molecule has 30 heavy (non-hydrogen) atoms. The van der Waals surface area contributed by atoms with E-state index >= 15 is 0 Å². The van der Waals surface area contributed by atoms with Crippen molar-refractivity contribution in [1.29, 1.82) is 0 Å². The van der Waals surface area contributed by atoms with Gasteiger partial charge in [0.1, 0.15) is 12.1 Å². The van der Waals surface area contributed by atoms with Crippen molar-refractivity contribution in [3.05, 3.63) is 58.1 Å². The number of amides is 1. The SMILES string of the molecule is Cc1cc(C)n(-c2cc(N3CCC[C@@H](C(=O)Nc4cccc(Cl)c4Cl)C3)ncn2)n1. The molecule has 4 rings (SSSR count). The summed E-state index contributed by atoms with van der Waals surface area (Å²) in [5.41, 5.74) is 2.47. The van der Waals surface area contributed by atoms with Crippen LogP contribution in [0.3, 0.4) is 0 Å². The van der Waals surface area contributed by atoms with Gasteiger partial charge in [-0.25, -0.2) is 14.6 Å². The first-order valence-electron chi connectivity index (χ1n) is 9.78. The first-order valence-corrected chi connectivity index (χ1v) is 10.5. The molecule has 3 heterocycles. The quantitative estimate of drug-likeness (QED) is 0.643. The Hall–Kier alpha value is -2.64. The Morgan fingerprint density at radius 1 is 1.17 bits per heavy atom. The second kappa shape index (κ2) is 8.62. The largest absolute Gasteiger partial charge is 0.356 e. The molecule has 1 amide bonds. The fourth-order valence-corrected chi connectivity index (χ4v) is 4.07. The number of nitrogens with zero attached hydrogens (tertiary/aromatic N) is 5. The molecule has 0 unspecified atom stereocenters. The van der Waals surface area contributed by atoms with Gasteiger partial charge in [-0.2, -0.15) is 5.10 Å². The number of carbonyl (C=O) groups excluding carboxylic acids is 1. The molecule has 1 atom stereocenters. The van der Waals surface area contributed by atoms with Crippen molar-refractivity contribution in [1.82, 2.24) is 19.7 Å². The molecule has 1 aliphatic rings. The molecular formula is C21H22Cl2N6O. The monoisotopic (exact) mass is 444 g/mol. The van der Waals surface area contributed by atoms with E-state index < -0.39 is 0 Å². The topological polar surface area (TPSA) is 75.9 Å². The molecule has 0 saturated carbocycles. The van der Waals surface area contributed by atoms with Gasteiger partial charge in [-0.3, -0.25) is 4.79 Å². The second-order valence-electron chi connectivity index (χ2n) is 7.45. The highest BCUT2D eigenvalue weighted by Crippen LogP contribution is 2.31. The molecule has 1 N–H and O–H groups in total. The number of aromatic nitrogens is 4. The summed E-state index contributed by atoms with van der Waals surface area (Å²) in [7, 11) is 0. The van der Waals surface area contributed by atoms with Gasteiger partial charge in [-0.1, -0.05) is 29.3 Å². The van der Waals surface area contributed by atoms with Gasteiger partial charge in [-0.15, -0.1) is 0 Å². The number of aryl methyl sites for hydroxylation is 2. The summed E-state index contributed by atoms with van der Waals surface area (Å²) in [5, 5.41) is 8.17.